The monoisotopic (exact) mass is 378 g/mol. The van der Waals surface area contributed by atoms with Gasteiger partial charge in [-0.15, -0.1) is 0 Å². The zero-order valence-corrected chi connectivity index (χ0v) is 16.2. The molecule has 2 atom stereocenters. The lowest BCUT2D eigenvalue weighted by Crippen LogP contribution is -2.34. The number of aryl methyl sites for hydroxylation is 1. The summed E-state index contributed by atoms with van der Waals surface area (Å²) in [5.41, 5.74) is 3.70. The predicted molar refractivity (Wildman–Crippen MR) is 112 cm³/mol. The second-order valence-corrected chi connectivity index (χ2v) is 7.00. The SMILES string of the molecule is Cc1ccc(NC(=O)[C@@H](N[C@@H](C)c2ccccc2)c2ccccc2)cc1Cl. The molecule has 0 aliphatic rings. The lowest BCUT2D eigenvalue weighted by Gasteiger charge is -2.24. The van der Waals surface area contributed by atoms with Gasteiger partial charge in [-0.05, 0) is 42.7 Å². The molecule has 0 spiro atoms. The highest BCUT2D eigenvalue weighted by Crippen LogP contribution is 2.24. The molecule has 0 radical (unpaired) electrons. The Morgan fingerprint density at radius 1 is 0.889 bits per heavy atom. The average Bonchev–Trinajstić information content (AvgIpc) is 2.70. The fourth-order valence-corrected chi connectivity index (χ4v) is 3.12. The number of carbonyl (C=O) groups excluding carboxylic acids is 1. The molecule has 4 heteroatoms. The molecule has 3 aromatic carbocycles. The van der Waals surface area contributed by atoms with Gasteiger partial charge in [-0.1, -0.05) is 78.3 Å². The Morgan fingerprint density at radius 2 is 1.48 bits per heavy atom. The highest BCUT2D eigenvalue weighted by atomic mass is 35.5. The zero-order valence-electron chi connectivity index (χ0n) is 15.4. The minimum absolute atomic E-state index is 0.0174. The van der Waals surface area contributed by atoms with E-state index in [9.17, 15) is 4.79 Å². The summed E-state index contributed by atoms with van der Waals surface area (Å²) in [7, 11) is 0. The molecule has 0 saturated carbocycles. The van der Waals surface area contributed by atoms with E-state index < -0.39 is 6.04 Å². The highest BCUT2D eigenvalue weighted by molar-refractivity contribution is 6.31. The van der Waals surface area contributed by atoms with Gasteiger partial charge in [0.25, 0.3) is 0 Å². The maximum absolute atomic E-state index is 13.1. The van der Waals surface area contributed by atoms with Crippen LogP contribution in [-0.4, -0.2) is 5.91 Å². The van der Waals surface area contributed by atoms with Crippen molar-refractivity contribution in [2.24, 2.45) is 0 Å². The number of rotatable bonds is 6. The van der Waals surface area contributed by atoms with E-state index in [0.717, 1.165) is 16.7 Å². The van der Waals surface area contributed by atoms with Crippen molar-refractivity contribution in [3.8, 4) is 0 Å². The van der Waals surface area contributed by atoms with Crippen LogP contribution in [0.5, 0.6) is 0 Å². The molecule has 3 nitrogen and oxygen atoms in total. The van der Waals surface area contributed by atoms with E-state index >= 15 is 0 Å². The van der Waals surface area contributed by atoms with E-state index in [0.29, 0.717) is 10.7 Å². The van der Waals surface area contributed by atoms with E-state index in [4.69, 9.17) is 11.6 Å². The van der Waals surface area contributed by atoms with Gasteiger partial charge in [0.15, 0.2) is 0 Å². The van der Waals surface area contributed by atoms with Crippen molar-refractivity contribution in [3.05, 3.63) is 101 Å². The quantitative estimate of drug-likeness (QED) is 0.579. The molecular weight excluding hydrogens is 356 g/mol. The van der Waals surface area contributed by atoms with Gasteiger partial charge in [0.2, 0.25) is 5.91 Å². The van der Waals surface area contributed by atoms with E-state index in [-0.39, 0.29) is 11.9 Å². The van der Waals surface area contributed by atoms with E-state index in [1.54, 1.807) is 6.07 Å². The number of amides is 1. The Kier molecular flexibility index (Phi) is 6.28. The van der Waals surface area contributed by atoms with Crippen LogP contribution in [0.4, 0.5) is 5.69 Å². The summed E-state index contributed by atoms with van der Waals surface area (Å²) in [5, 5.41) is 7.06. The highest BCUT2D eigenvalue weighted by Gasteiger charge is 2.23. The van der Waals surface area contributed by atoms with Crippen molar-refractivity contribution in [2.75, 3.05) is 5.32 Å². The standard InChI is InChI=1S/C23H23ClN2O/c1-16-13-14-20(15-21(16)24)26-23(27)22(19-11-7-4-8-12-19)25-17(2)18-9-5-3-6-10-18/h3-15,17,22,25H,1-2H3,(H,26,27)/t17-,22-/m0/s1. The van der Waals surface area contributed by atoms with Crippen LogP contribution in [0.3, 0.4) is 0 Å². The Hall–Kier alpha value is -2.62. The molecule has 0 heterocycles. The minimum atomic E-state index is -0.485. The predicted octanol–water partition coefficient (Wildman–Crippen LogP) is 5.68. The van der Waals surface area contributed by atoms with Crippen LogP contribution >= 0.6 is 11.6 Å². The van der Waals surface area contributed by atoms with Gasteiger partial charge < -0.3 is 5.32 Å². The average molecular weight is 379 g/mol. The summed E-state index contributed by atoms with van der Waals surface area (Å²) >= 11 is 6.19. The number of carbonyl (C=O) groups is 1. The molecule has 0 aromatic heterocycles. The number of halogens is 1. The van der Waals surface area contributed by atoms with Crippen molar-refractivity contribution in [1.29, 1.82) is 0 Å². The summed E-state index contributed by atoms with van der Waals surface area (Å²) in [4.78, 5) is 13.1. The second-order valence-electron chi connectivity index (χ2n) is 6.60. The molecule has 138 valence electrons. The van der Waals surface area contributed by atoms with Crippen LogP contribution in [0.15, 0.2) is 78.9 Å². The molecule has 1 amide bonds. The minimum Gasteiger partial charge on any atom is -0.324 e. The van der Waals surface area contributed by atoms with Crippen LogP contribution < -0.4 is 10.6 Å². The third kappa shape index (κ3) is 4.97. The number of benzene rings is 3. The van der Waals surface area contributed by atoms with Crippen molar-refractivity contribution < 1.29 is 4.79 Å². The third-order valence-electron chi connectivity index (χ3n) is 4.55. The van der Waals surface area contributed by atoms with Crippen molar-refractivity contribution in [3.63, 3.8) is 0 Å². The maximum atomic E-state index is 13.1. The first-order chi connectivity index (χ1) is 13.0. The van der Waals surface area contributed by atoms with Crippen molar-refractivity contribution >= 4 is 23.2 Å². The molecule has 0 aliphatic carbocycles. The Labute approximate surface area is 165 Å². The molecule has 0 unspecified atom stereocenters. The molecule has 0 bridgehead atoms. The topological polar surface area (TPSA) is 41.1 Å². The van der Waals surface area contributed by atoms with Crippen LogP contribution in [0, 0.1) is 6.92 Å². The fraction of sp³-hybridized carbons (Fsp3) is 0.174. The first-order valence-corrected chi connectivity index (χ1v) is 9.35. The summed E-state index contributed by atoms with van der Waals surface area (Å²) in [6.45, 7) is 3.99. The van der Waals surface area contributed by atoms with Gasteiger partial charge >= 0.3 is 0 Å². The normalized spacial score (nSPS) is 13.0. The Balaban J connectivity index is 1.83. The van der Waals surface area contributed by atoms with Crippen LogP contribution in [0.25, 0.3) is 0 Å². The van der Waals surface area contributed by atoms with Crippen LogP contribution in [0.1, 0.15) is 35.7 Å². The molecule has 3 rings (SSSR count). The van der Waals surface area contributed by atoms with Gasteiger partial charge in [-0.3, -0.25) is 10.1 Å². The summed E-state index contributed by atoms with van der Waals surface area (Å²) in [6, 6.07) is 24.9. The zero-order chi connectivity index (χ0) is 19.2. The first kappa shape index (κ1) is 19.2. The number of hydrogen-bond acceptors (Lipinski definition) is 2. The second kappa shape index (κ2) is 8.85. The molecule has 0 saturated heterocycles. The largest absolute Gasteiger partial charge is 0.324 e. The van der Waals surface area contributed by atoms with Crippen molar-refractivity contribution in [1.82, 2.24) is 5.32 Å². The van der Waals surface area contributed by atoms with E-state index in [1.165, 1.54) is 0 Å². The Bertz CT molecular complexity index is 897. The van der Waals surface area contributed by atoms with Gasteiger partial charge in [0, 0.05) is 16.8 Å². The van der Waals surface area contributed by atoms with E-state index in [2.05, 4.69) is 29.7 Å². The lowest BCUT2D eigenvalue weighted by atomic mass is 10.0. The van der Waals surface area contributed by atoms with E-state index in [1.807, 2.05) is 67.6 Å². The molecule has 0 aliphatic heterocycles. The van der Waals surface area contributed by atoms with Crippen LogP contribution in [-0.2, 0) is 4.79 Å². The third-order valence-corrected chi connectivity index (χ3v) is 4.96. The molecule has 27 heavy (non-hydrogen) atoms. The van der Waals surface area contributed by atoms with Crippen molar-refractivity contribution in [2.45, 2.75) is 25.9 Å². The first-order valence-electron chi connectivity index (χ1n) is 8.97. The summed E-state index contributed by atoms with van der Waals surface area (Å²) in [5.74, 6) is -0.121. The number of hydrogen-bond donors (Lipinski definition) is 2. The van der Waals surface area contributed by atoms with Gasteiger partial charge in [0.05, 0.1) is 0 Å². The Morgan fingerprint density at radius 3 is 2.07 bits per heavy atom. The summed E-state index contributed by atoms with van der Waals surface area (Å²) in [6.07, 6.45) is 0. The molecule has 0 fully saturated rings. The lowest BCUT2D eigenvalue weighted by molar-refractivity contribution is -0.118. The van der Waals surface area contributed by atoms with Gasteiger partial charge in [-0.25, -0.2) is 0 Å². The fourth-order valence-electron chi connectivity index (χ4n) is 2.94. The van der Waals surface area contributed by atoms with Crippen LogP contribution in [0.2, 0.25) is 5.02 Å². The van der Waals surface area contributed by atoms with Gasteiger partial charge in [0.1, 0.15) is 6.04 Å². The smallest absolute Gasteiger partial charge is 0.246 e. The summed E-state index contributed by atoms with van der Waals surface area (Å²) < 4.78 is 0. The maximum Gasteiger partial charge on any atom is 0.246 e. The molecular formula is C23H23ClN2O. The molecule has 3 aromatic rings. The molecule has 2 N–H and O–H groups in total. The number of nitrogens with one attached hydrogen (secondary N) is 2. The number of anilines is 1. The van der Waals surface area contributed by atoms with Gasteiger partial charge in [-0.2, -0.15) is 0 Å².